The lowest BCUT2D eigenvalue weighted by molar-refractivity contribution is -0.664. The molecule has 6 heteroatoms. The zero-order valence-corrected chi connectivity index (χ0v) is 12.3. The zero-order chi connectivity index (χ0) is 15.1. The number of nitrogens with zero attached hydrogens (tertiary/aromatic N) is 4. The van der Waals surface area contributed by atoms with E-state index in [1.807, 2.05) is 6.07 Å². The highest BCUT2D eigenvalue weighted by molar-refractivity contribution is 6.00. The van der Waals surface area contributed by atoms with Crippen molar-refractivity contribution >= 4 is 17.6 Å². The second-order valence-corrected chi connectivity index (χ2v) is 6.30. The van der Waals surface area contributed by atoms with E-state index in [0.717, 1.165) is 12.2 Å². The van der Waals surface area contributed by atoms with E-state index in [-0.39, 0.29) is 11.8 Å². The summed E-state index contributed by atoms with van der Waals surface area (Å²) in [6, 6.07) is 4.17. The molecular weight excluding hydrogens is 278 g/mol. The van der Waals surface area contributed by atoms with Crippen molar-refractivity contribution in [3.63, 3.8) is 0 Å². The SMILES string of the molecule is N#CN1CCC(C(=O)NC2=Nc3ccc(C4CC4)c[n+]3C2)C1. The maximum atomic E-state index is 12.3. The van der Waals surface area contributed by atoms with E-state index in [9.17, 15) is 4.79 Å². The molecule has 1 N–H and O–H groups in total. The van der Waals surface area contributed by atoms with Gasteiger partial charge in [0.2, 0.25) is 5.91 Å². The Balaban J connectivity index is 1.40. The molecular formula is C16H18N5O+. The maximum absolute atomic E-state index is 12.3. The summed E-state index contributed by atoms with van der Waals surface area (Å²) < 4.78 is 2.10. The van der Waals surface area contributed by atoms with Crippen LogP contribution >= 0.6 is 0 Å². The van der Waals surface area contributed by atoms with Crippen molar-refractivity contribution in [2.24, 2.45) is 10.9 Å². The first kappa shape index (κ1) is 13.3. The Morgan fingerprint density at radius 3 is 3.00 bits per heavy atom. The van der Waals surface area contributed by atoms with Gasteiger partial charge in [0.1, 0.15) is 0 Å². The molecule has 1 amide bonds. The standard InChI is InChI=1S/C16H17N5O/c17-10-20-6-5-13(7-20)16(22)19-14-9-21-8-12(11-1-2-11)3-4-15(21)18-14/h3-4,8,11,13H,1-2,5-7,9H2/p+1. The van der Waals surface area contributed by atoms with Gasteiger partial charge in [-0.05, 0) is 41.8 Å². The van der Waals surface area contributed by atoms with Crippen LogP contribution in [0.5, 0.6) is 0 Å². The highest BCUT2D eigenvalue weighted by Gasteiger charge is 2.33. The summed E-state index contributed by atoms with van der Waals surface area (Å²) in [5.41, 5.74) is 1.37. The van der Waals surface area contributed by atoms with Gasteiger partial charge in [0, 0.05) is 19.2 Å². The number of nitriles is 1. The summed E-state index contributed by atoms with van der Waals surface area (Å²) >= 11 is 0. The number of fused-ring (bicyclic) bond motifs is 1. The lowest BCUT2D eigenvalue weighted by Crippen LogP contribution is -2.42. The maximum Gasteiger partial charge on any atom is 0.325 e. The Labute approximate surface area is 129 Å². The van der Waals surface area contributed by atoms with E-state index in [2.05, 4.69) is 33.3 Å². The van der Waals surface area contributed by atoms with Crippen molar-refractivity contribution in [3.05, 3.63) is 23.9 Å². The fraction of sp³-hybridized carbons (Fsp3) is 0.500. The molecule has 4 rings (SSSR count). The molecule has 0 radical (unpaired) electrons. The van der Waals surface area contributed by atoms with E-state index in [4.69, 9.17) is 5.26 Å². The summed E-state index contributed by atoms with van der Waals surface area (Å²) in [5, 5.41) is 11.8. The first-order valence-corrected chi connectivity index (χ1v) is 7.79. The normalized spacial score (nSPS) is 23.0. The molecule has 3 aliphatic rings. The number of likely N-dealkylation sites (tertiary alicyclic amines) is 1. The molecule has 1 aromatic rings. The third-order valence-corrected chi connectivity index (χ3v) is 4.61. The van der Waals surface area contributed by atoms with Gasteiger partial charge in [-0.25, -0.2) is 4.57 Å². The summed E-state index contributed by atoms with van der Waals surface area (Å²) in [4.78, 5) is 18.4. The summed E-state index contributed by atoms with van der Waals surface area (Å²) in [5.74, 6) is 2.18. The van der Waals surface area contributed by atoms with Gasteiger partial charge >= 0.3 is 5.82 Å². The minimum Gasteiger partial charge on any atom is -0.310 e. The molecule has 1 atom stereocenters. The van der Waals surface area contributed by atoms with Crippen molar-refractivity contribution in [2.75, 3.05) is 13.1 Å². The van der Waals surface area contributed by atoms with Gasteiger partial charge in [0.25, 0.3) is 5.84 Å². The Kier molecular flexibility index (Phi) is 3.07. The predicted octanol–water partition coefficient (Wildman–Crippen LogP) is 0.814. The number of rotatable bonds is 2. The van der Waals surface area contributed by atoms with E-state index in [0.29, 0.717) is 31.4 Å². The van der Waals surface area contributed by atoms with E-state index in [1.165, 1.54) is 18.4 Å². The van der Waals surface area contributed by atoms with E-state index < -0.39 is 0 Å². The van der Waals surface area contributed by atoms with Gasteiger partial charge in [-0.15, -0.1) is 0 Å². The van der Waals surface area contributed by atoms with Gasteiger partial charge in [-0.1, -0.05) is 0 Å². The van der Waals surface area contributed by atoms with Crippen LogP contribution < -0.4 is 9.88 Å². The van der Waals surface area contributed by atoms with Crippen LogP contribution in [-0.4, -0.2) is 29.7 Å². The molecule has 2 aliphatic heterocycles. The molecule has 0 spiro atoms. The van der Waals surface area contributed by atoms with E-state index >= 15 is 0 Å². The Morgan fingerprint density at radius 2 is 2.27 bits per heavy atom. The first-order chi connectivity index (χ1) is 10.7. The number of aliphatic imine (C=N–C) groups is 1. The average molecular weight is 296 g/mol. The number of hydrogen-bond acceptors (Lipinski definition) is 4. The lowest BCUT2D eigenvalue weighted by atomic mass is 10.1. The minimum atomic E-state index is -0.113. The molecule has 1 aliphatic carbocycles. The van der Waals surface area contributed by atoms with Gasteiger partial charge in [-0.3, -0.25) is 10.1 Å². The number of amidine groups is 1. The average Bonchev–Trinajstić information content (AvgIpc) is 3.12. The highest BCUT2D eigenvalue weighted by Crippen LogP contribution is 2.39. The first-order valence-electron chi connectivity index (χ1n) is 7.79. The molecule has 2 fully saturated rings. The smallest absolute Gasteiger partial charge is 0.310 e. The van der Waals surface area contributed by atoms with Crippen LogP contribution in [0.4, 0.5) is 5.82 Å². The Hall–Kier alpha value is -2.42. The Morgan fingerprint density at radius 1 is 1.41 bits per heavy atom. The molecule has 6 nitrogen and oxygen atoms in total. The van der Waals surface area contributed by atoms with Crippen LogP contribution in [-0.2, 0) is 11.3 Å². The number of carbonyl (C=O) groups excluding carboxylic acids is 1. The van der Waals surface area contributed by atoms with Crippen LogP contribution in [0.1, 0.15) is 30.7 Å². The summed E-state index contributed by atoms with van der Waals surface area (Å²) in [7, 11) is 0. The fourth-order valence-electron chi connectivity index (χ4n) is 3.15. The second-order valence-electron chi connectivity index (χ2n) is 6.30. The number of aromatic nitrogens is 1. The molecule has 1 saturated heterocycles. The molecule has 1 saturated carbocycles. The molecule has 3 heterocycles. The van der Waals surface area contributed by atoms with Crippen molar-refractivity contribution in [3.8, 4) is 6.19 Å². The molecule has 0 bridgehead atoms. The van der Waals surface area contributed by atoms with Crippen LogP contribution in [0.2, 0.25) is 0 Å². The molecule has 112 valence electrons. The molecule has 1 unspecified atom stereocenters. The number of hydrogen-bond donors (Lipinski definition) is 1. The molecule has 22 heavy (non-hydrogen) atoms. The molecule has 1 aromatic heterocycles. The molecule has 0 aromatic carbocycles. The fourth-order valence-corrected chi connectivity index (χ4v) is 3.15. The van der Waals surface area contributed by atoms with Gasteiger partial charge in [0.05, 0.1) is 12.1 Å². The highest BCUT2D eigenvalue weighted by atomic mass is 16.2. The van der Waals surface area contributed by atoms with Gasteiger partial charge in [0.15, 0.2) is 12.7 Å². The third kappa shape index (κ3) is 2.43. The number of nitrogens with one attached hydrogen (secondary N) is 1. The topological polar surface area (TPSA) is 72.4 Å². The van der Waals surface area contributed by atoms with Crippen molar-refractivity contribution in [1.29, 1.82) is 5.26 Å². The van der Waals surface area contributed by atoms with Crippen LogP contribution in [0.15, 0.2) is 23.3 Å². The number of amides is 1. The largest absolute Gasteiger partial charge is 0.325 e. The minimum absolute atomic E-state index is 0.0210. The van der Waals surface area contributed by atoms with Crippen molar-refractivity contribution in [1.82, 2.24) is 10.2 Å². The lowest BCUT2D eigenvalue weighted by Gasteiger charge is -2.08. The van der Waals surface area contributed by atoms with Crippen molar-refractivity contribution < 1.29 is 9.36 Å². The summed E-state index contributed by atoms with van der Waals surface area (Å²) in [6.07, 6.45) is 7.55. The summed E-state index contributed by atoms with van der Waals surface area (Å²) in [6.45, 7) is 1.80. The van der Waals surface area contributed by atoms with Crippen LogP contribution in [0.25, 0.3) is 0 Å². The van der Waals surface area contributed by atoms with Crippen LogP contribution in [0.3, 0.4) is 0 Å². The van der Waals surface area contributed by atoms with Gasteiger partial charge in [-0.2, -0.15) is 5.26 Å². The second kappa shape index (κ2) is 5.09. The predicted molar refractivity (Wildman–Crippen MR) is 79.1 cm³/mol. The number of pyridine rings is 1. The monoisotopic (exact) mass is 296 g/mol. The van der Waals surface area contributed by atoms with Crippen LogP contribution in [0, 0.1) is 17.4 Å². The number of carbonyl (C=O) groups is 1. The Bertz CT molecular complexity index is 701. The van der Waals surface area contributed by atoms with Gasteiger partial charge < -0.3 is 4.90 Å². The third-order valence-electron chi connectivity index (χ3n) is 4.61. The van der Waals surface area contributed by atoms with E-state index in [1.54, 1.807) is 4.90 Å². The quantitative estimate of drug-likeness (QED) is 0.648. The zero-order valence-electron chi connectivity index (χ0n) is 12.3. The van der Waals surface area contributed by atoms with Crippen molar-refractivity contribution in [2.45, 2.75) is 31.7 Å².